The van der Waals surface area contributed by atoms with Crippen molar-refractivity contribution < 1.29 is 14.0 Å². The quantitative estimate of drug-likeness (QED) is 0.773. The molecule has 3 N–H and O–H groups in total. The average molecular weight is 396 g/mol. The van der Waals surface area contributed by atoms with E-state index in [1.165, 1.54) is 23.1 Å². The van der Waals surface area contributed by atoms with Crippen LogP contribution in [0.15, 0.2) is 18.2 Å². The Hall–Kier alpha value is -1.02. The minimum Gasteiger partial charge on any atom is -0.343 e. The summed E-state index contributed by atoms with van der Waals surface area (Å²) in [7, 11) is 0. The summed E-state index contributed by atoms with van der Waals surface area (Å²) in [6, 6.07) is 2.89. The van der Waals surface area contributed by atoms with Crippen LogP contribution in [0.3, 0.4) is 0 Å². The number of halogens is 3. The van der Waals surface area contributed by atoms with E-state index in [1.54, 1.807) is 11.8 Å². The molecule has 2 unspecified atom stereocenters. The molecule has 0 bridgehead atoms. The third kappa shape index (κ3) is 4.99. The van der Waals surface area contributed by atoms with Crippen molar-refractivity contribution >= 4 is 53.3 Å². The molecule has 9 heteroatoms. The smallest absolute Gasteiger partial charge is 0.249 e. The summed E-state index contributed by atoms with van der Waals surface area (Å²) >= 11 is 7.36. The Morgan fingerprint density at radius 1 is 1.58 bits per heavy atom. The fourth-order valence-corrected chi connectivity index (χ4v) is 3.04. The number of hydrogen-bond donors (Lipinski definition) is 2. The van der Waals surface area contributed by atoms with E-state index < -0.39 is 17.9 Å². The molecule has 2 amide bonds. The highest BCUT2D eigenvalue weighted by atomic mass is 35.5. The highest BCUT2D eigenvalue weighted by Crippen LogP contribution is 2.26. The number of thioether (sulfide) groups is 1. The number of anilines is 1. The van der Waals surface area contributed by atoms with Crippen LogP contribution >= 0.6 is 35.8 Å². The highest BCUT2D eigenvalue weighted by molar-refractivity contribution is 7.98. The Morgan fingerprint density at radius 2 is 2.29 bits per heavy atom. The number of amides is 2. The van der Waals surface area contributed by atoms with Gasteiger partial charge in [0.05, 0.1) is 11.1 Å². The summed E-state index contributed by atoms with van der Waals surface area (Å²) in [5.74, 6) is -0.311. The van der Waals surface area contributed by atoms with Crippen LogP contribution in [0.2, 0.25) is 5.02 Å². The Kier molecular flexibility index (Phi) is 8.29. The van der Waals surface area contributed by atoms with E-state index in [0.29, 0.717) is 25.1 Å². The van der Waals surface area contributed by atoms with Gasteiger partial charge in [0.2, 0.25) is 11.8 Å². The van der Waals surface area contributed by atoms with Crippen LogP contribution in [-0.2, 0) is 9.59 Å². The molecule has 1 aromatic rings. The summed E-state index contributed by atoms with van der Waals surface area (Å²) in [5, 5.41) is 2.65. The molecular formula is C15H20Cl2FN3O2S. The molecule has 0 radical (unpaired) electrons. The minimum absolute atomic E-state index is 0. The van der Waals surface area contributed by atoms with Crippen molar-refractivity contribution in [3.8, 4) is 0 Å². The maximum Gasteiger partial charge on any atom is 0.249 e. The van der Waals surface area contributed by atoms with Gasteiger partial charge < -0.3 is 16.0 Å². The van der Waals surface area contributed by atoms with Crippen molar-refractivity contribution in [1.29, 1.82) is 0 Å². The second kappa shape index (κ2) is 9.46. The second-order valence-corrected chi connectivity index (χ2v) is 6.72. The van der Waals surface area contributed by atoms with Crippen LogP contribution < -0.4 is 16.0 Å². The van der Waals surface area contributed by atoms with Crippen molar-refractivity contribution in [2.75, 3.05) is 23.5 Å². The third-order valence-corrected chi connectivity index (χ3v) is 4.64. The second-order valence-electron chi connectivity index (χ2n) is 5.33. The van der Waals surface area contributed by atoms with Crippen molar-refractivity contribution in [3.63, 3.8) is 0 Å². The molecule has 24 heavy (non-hydrogen) atoms. The summed E-state index contributed by atoms with van der Waals surface area (Å²) in [6.07, 6.45) is 2.98. The van der Waals surface area contributed by atoms with Gasteiger partial charge in [0.1, 0.15) is 11.9 Å². The Balaban J connectivity index is 0.00000288. The molecule has 1 saturated heterocycles. The predicted molar refractivity (Wildman–Crippen MR) is 98.5 cm³/mol. The van der Waals surface area contributed by atoms with E-state index in [-0.39, 0.29) is 29.2 Å². The Labute approximate surface area is 155 Å². The van der Waals surface area contributed by atoms with E-state index >= 15 is 0 Å². The van der Waals surface area contributed by atoms with E-state index in [4.69, 9.17) is 17.3 Å². The van der Waals surface area contributed by atoms with Crippen molar-refractivity contribution in [2.45, 2.75) is 24.9 Å². The van der Waals surface area contributed by atoms with Gasteiger partial charge in [-0.25, -0.2) is 4.39 Å². The van der Waals surface area contributed by atoms with Gasteiger partial charge in [0, 0.05) is 12.2 Å². The van der Waals surface area contributed by atoms with Crippen molar-refractivity contribution in [2.24, 2.45) is 5.73 Å². The van der Waals surface area contributed by atoms with Gasteiger partial charge in [-0.1, -0.05) is 11.6 Å². The van der Waals surface area contributed by atoms with Gasteiger partial charge in [-0.15, -0.1) is 12.4 Å². The number of carbonyl (C=O) groups excluding carboxylic acids is 2. The highest BCUT2D eigenvalue weighted by Gasteiger charge is 2.34. The lowest BCUT2D eigenvalue weighted by Gasteiger charge is -2.19. The van der Waals surface area contributed by atoms with E-state index in [9.17, 15) is 14.0 Å². The maximum absolute atomic E-state index is 13.2. The number of nitrogens with zero attached hydrogens (tertiary/aromatic N) is 1. The molecule has 2 atom stereocenters. The third-order valence-electron chi connectivity index (χ3n) is 3.71. The molecule has 0 aliphatic carbocycles. The first-order valence-corrected chi connectivity index (χ1v) is 9.02. The average Bonchev–Trinajstić information content (AvgIpc) is 2.88. The van der Waals surface area contributed by atoms with E-state index in [0.717, 1.165) is 5.75 Å². The number of nitrogens with one attached hydrogen (secondary N) is 1. The van der Waals surface area contributed by atoms with Crippen LogP contribution in [0, 0.1) is 5.82 Å². The maximum atomic E-state index is 13.2. The first-order valence-electron chi connectivity index (χ1n) is 7.25. The van der Waals surface area contributed by atoms with E-state index in [2.05, 4.69) is 5.32 Å². The van der Waals surface area contributed by atoms with Gasteiger partial charge in [0.15, 0.2) is 0 Å². The fourth-order valence-electron chi connectivity index (χ4n) is 2.38. The van der Waals surface area contributed by atoms with Crippen LogP contribution in [-0.4, -0.2) is 42.5 Å². The Bertz CT molecular complexity index is 606. The van der Waals surface area contributed by atoms with Gasteiger partial charge >= 0.3 is 0 Å². The van der Waals surface area contributed by atoms with Crippen molar-refractivity contribution in [1.82, 2.24) is 5.32 Å². The minimum atomic E-state index is -0.621. The first kappa shape index (κ1) is 21.0. The largest absolute Gasteiger partial charge is 0.343 e. The molecule has 1 aliphatic rings. The van der Waals surface area contributed by atoms with Gasteiger partial charge in [-0.2, -0.15) is 11.8 Å². The number of benzene rings is 1. The number of hydrogen-bond acceptors (Lipinski definition) is 4. The van der Waals surface area contributed by atoms with Gasteiger partial charge in [-0.05, 0) is 43.0 Å². The zero-order chi connectivity index (χ0) is 17.0. The van der Waals surface area contributed by atoms with Crippen molar-refractivity contribution in [3.05, 3.63) is 29.0 Å². The zero-order valence-corrected chi connectivity index (χ0v) is 15.5. The molecule has 134 valence electrons. The molecule has 1 aromatic carbocycles. The molecule has 1 fully saturated rings. The molecule has 2 rings (SSSR count). The summed E-state index contributed by atoms with van der Waals surface area (Å²) in [4.78, 5) is 25.9. The molecule has 0 saturated carbocycles. The molecule has 0 spiro atoms. The number of nitrogens with two attached hydrogens (primary N) is 1. The normalized spacial score (nSPS) is 18.2. The van der Waals surface area contributed by atoms with Gasteiger partial charge in [-0.3, -0.25) is 9.59 Å². The standard InChI is InChI=1S/C15H19ClFN3O2S.ClH/c1-23-7-5-12(18)14(21)19-13-4-6-20(15(13)22)9-2-3-11(17)10(16)8-9;/h2-3,8,12-13H,4-7,18H2,1H3,(H,19,21);1H. The number of rotatable bonds is 6. The predicted octanol–water partition coefficient (Wildman–Crippen LogP) is 2.20. The lowest BCUT2D eigenvalue weighted by molar-refractivity contribution is -0.127. The van der Waals surface area contributed by atoms with Crippen LogP contribution in [0.4, 0.5) is 10.1 Å². The Morgan fingerprint density at radius 3 is 2.92 bits per heavy atom. The lowest BCUT2D eigenvalue weighted by Crippen LogP contribution is -2.48. The first-order chi connectivity index (χ1) is 10.9. The molecule has 0 aromatic heterocycles. The van der Waals surface area contributed by atoms with Gasteiger partial charge in [0.25, 0.3) is 0 Å². The summed E-state index contributed by atoms with van der Waals surface area (Å²) in [6.45, 7) is 0.436. The molecule has 1 heterocycles. The van der Waals surface area contributed by atoms with Crippen LogP contribution in [0.5, 0.6) is 0 Å². The van der Waals surface area contributed by atoms with Crippen LogP contribution in [0.1, 0.15) is 12.8 Å². The van der Waals surface area contributed by atoms with Crippen LogP contribution in [0.25, 0.3) is 0 Å². The molecular weight excluding hydrogens is 376 g/mol. The SMILES string of the molecule is CSCCC(N)C(=O)NC1CCN(c2ccc(F)c(Cl)c2)C1=O.Cl. The topological polar surface area (TPSA) is 75.4 Å². The fraction of sp³-hybridized carbons (Fsp3) is 0.467. The number of carbonyl (C=O) groups is 2. The summed E-state index contributed by atoms with van der Waals surface area (Å²) < 4.78 is 13.2. The molecule has 5 nitrogen and oxygen atoms in total. The van der Waals surface area contributed by atoms with E-state index in [1.807, 2.05) is 6.26 Å². The summed E-state index contributed by atoms with van der Waals surface area (Å²) in [5.41, 5.74) is 6.32. The monoisotopic (exact) mass is 395 g/mol. The molecule has 1 aliphatic heterocycles. The lowest BCUT2D eigenvalue weighted by atomic mass is 10.2. The zero-order valence-electron chi connectivity index (χ0n) is 13.1.